The van der Waals surface area contributed by atoms with Crippen molar-refractivity contribution in [3.05, 3.63) is 57.6 Å². The van der Waals surface area contributed by atoms with Gasteiger partial charge in [-0.3, -0.25) is 4.79 Å². The maximum Gasteiger partial charge on any atom is 0.256 e. The molecule has 0 saturated carbocycles. The molecule has 1 aromatic heterocycles. The van der Waals surface area contributed by atoms with Crippen molar-refractivity contribution in [1.29, 1.82) is 0 Å². The summed E-state index contributed by atoms with van der Waals surface area (Å²) in [6.45, 7) is 0.853. The van der Waals surface area contributed by atoms with E-state index in [1.807, 2.05) is 30.3 Å². The molecule has 2 heterocycles. The van der Waals surface area contributed by atoms with Crippen LogP contribution < -0.4 is 10.9 Å². The molecule has 1 unspecified atom stereocenters. The topological polar surface area (TPSA) is 67.0 Å². The van der Waals surface area contributed by atoms with Gasteiger partial charge in [-0.1, -0.05) is 30.3 Å². The van der Waals surface area contributed by atoms with Crippen LogP contribution in [0.25, 0.3) is 0 Å². The van der Waals surface area contributed by atoms with Gasteiger partial charge in [0.25, 0.3) is 5.56 Å². The van der Waals surface area contributed by atoms with Crippen molar-refractivity contribution in [2.45, 2.75) is 18.9 Å². The van der Waals surface area contributed by atoms with Gasteiger partial charge in [-0.05, 0) is 18.4 Å². The van der Waals surface area contributed by atoms with Gasteiger partial charge < -0.3 is 15.0 Å². The first-order chi connectivity index (χ1) is 9.79. The number of anilines is 1. The summed E-state index contributed by atoms with van der Waals surface area (Å²) in [5, 5.41) is 3.19. The molecule has 0 saturated heterocycles. The first kappa shape index (κ1) is 12.9. The monoisotopic (exact) mass is 271 g/mol. The van der Waals surface area contributed by atoms with Gasteiger partial charge in [-0.25, -0.2) is 4.98 Å². The summed E-state index contributed by atoms with van der Waals surface area (Å²) in [5.41, 5.74) is 1.63. The molecule has 5 nitrogen and oxygen atoms in total. The maximum atomic E-state index is 12.1. The van der Waals surface area contributed by atoms with Gasteiger partial charge in [-0.15, -0.1) is 0 Å². The van der Waals surface area contributed by atoms with Crippen LogP contribution in [0.4, 0.5) is 5.82 Å². The second-order valence-electron chi connectivity index (χ2n) is 4.84. The molecule has 104 valence electrons. The number of fused-ring (bicyclic) bond motifs is 1. The molecule has 1 aliphatic rings. The average Bonchev–Trinajstić information content (AvgIpc) is 2.49. The lowest BCUT2D eigenvalue weighted by molar-refractivity contribution is 0.129. The minimum Gasteiger partial charge on any atom is -0.370 e. The Morgan fingerprint density at radius 1 is 1.30 bits per heavy atom. The van der Waals surface area contributed by atoms with Crippen molar-refractivity contribution >= 4 is 5.82 Å². The second kappa shape index (κ2) is 5.46. The Morgan fingerprint density at radius 2 is 2.10 bits per heavy atom. The molecule has 1 atom stereocenters. The molecule has 0 amide bonds. The summed E-state index contributed by atoms with van der Waals surface area (Å²) in [4.78, 5) is 19.5. The Bertz CT molecular complexity index is 652. The molecule has 2 N–H and O–H groups in total. The van der Waals surface area contributed by atoms with E-state index in [1.54, 1.807) is 7.11 Å². The Hall–Kier alpha value is -2.14. The van der Waals surface area contributed by atoms with Gasteiger partial charge in [0.15, 0.2) is 0 Å². The maximum absolute atomic E-state index is 12.1. The van der Waals surface area contributed by atoms with Crippen molar-refractivity contribution in [2.24, 2.45) is 0 Å². The molecule has 0 radical (unpaired) electrons. The number of rotatable bonds is 3. The van der Waals surface area contributed by atoms with Gasteiger partial charge in [0.1, 0.15) is 17.7 Å². The number of nitrogens with zero attached hydrogens (tertiary/aromatic N) is 1. The summed E-state index contributed by atoms with van der Waals surface area (Å²) in [7, 11) is 1.62. The largest absolute Gasteiger partial charge is 0.370 e. The third-order valence-electron chi connectivity index (χ3n) is 3.52. The number of hydrogen-bond acceptors (Lipinski definition) is 4. The van der Waals surface area contributed by atoms with E-state index in [-0.39, 0.29) is 11.7 Å². The molecule has 0 spiro atoms. The standard InChI is InChI=1S/C15H17N3O2/c1-20-12(10-6-3-2-4-7-10)14-17-13-11(15(19)18-14)8-5-9-16-13/h2-4,6-7,12H,5,8-9H2,1H3,(H2,16,17,18,19). The van der Waals surface area contributed by atoms with E-state index in [9.17, 15) is 4.79 Å². The highest BCUT2D eigenvalue weighted by Crippen LogP contribution is 2.24. The van der Waals surface area contributed by atoms with E-state index in [4.69, 9.17) is 4.74 Å². The summed E-state index contributed by atoms with van der Waals surface area (Å²) in [5.74, 6) is 1.23. The van der Waals surface area contributed by atoms with Crippen molar-refractivity contribution in [3.63, 3.8) is 0 Å². The van der Waals surface area contributed by atoms with Gasteiger partial charge >= 0.3 is 0 Å². The van der Waals surface area contributed by atoms with Gasteiger partial charge in [0.2, 0.25) is 0 Å². The Balaban J connectivity index is 2.05. The normalized spacial score (nSPS) is 15.2. The zero-order valence-electron chi connectivity index (χ0n) is 11.3. The van der Waals surface area contributed by atoms with Gasteiger partial charge in [-0.2, -0.15) is 0 Å². The molecule has 2 aromatic rings. The Labute approximate surface area is 117 Å². The van der Waals surface area contributed by atoms with Crippen LogP contribution in [0.2, 0.25) is 0 Å². The SMILES string of the molecule is COC(c1ccccc1)c1nc2c(c(=O)[nH]1)CCCN2. The van der Waals surface area contributed by atoms with E-state index >= 15 is 0 Å². The number of H-pyrrole nitrogens is 1. The average molecular weight is 271 g/mol. The fourth-order valence-corrected chi connectivity index (χ4v) is 2.52. The van der Waals surface area contributed by atoms with Crippen LogP contribution in [0.15, 0.2) is 35.1 Å². The Morgan fingerprint density at radius 3 is 2.85 bits per heavy atom. The molecule has 0 aliphatic carbocycles. The van der Waals surface area contributed by atoms with E-state index in [2.05, 4.69) is 15.3 Å². The predicted octanol–water partition coefficient (Wildman–Crippen LogP) is 1.86. The molecule has 0 fully saturated rings. The molecular weight excluding hydrogens is 254 g/mol. The number of methoxy groups -OCH3 is 1. The zero-order valence-corrected chi connectivity index (χ0v) is 11.3. The van der Waals surface area contributed by atoms with Crippen molar-refractivity contribution in [3.8, 4) is 0 Å². The van der Waals surface area contributed by atoms with Crippen LogP contribution in [-0.2, 0) is 11.2 Å². The minimum absolute atomic E-state index is 0.0739. The lowest BCUT2D eigenvalue weighted by Crippen LogP contribution is -2.26. The molecule has 1 aromatic carbocycles. The third-order valence-corrected chi connectivity index (χ3v) is 3.52. The van der Waals surface area contributed by atoms with Crippen LogP contribution >= 0.6 is 0 Å². The third kappa shape index (κ3) is 2.32. The molecule has 3 rings (SSSR count). The van der Waals surface area contributed by atoms with E-state index in [0.29, 0.717) is 11.6 Å². The van der Waals surface area contributed by atoms with Crippen LogP contribution in [-0.4, -0.2) is 23.6 Å². The number of benzene rings is 1. The molecule has 1 aliphatic heterocycles. The number of hydrogen-bond donors (Lipinski definition) is 2. The lowest BCUT2D eigenvalue weighted by Gasteiger charge is -2.20. The summed E-state index contributed by atoms with van der Waals surface area (Å²) >= 11 is 0. The summed E-state index contributed by atoms with van der Waals surface area (Å²) in [6.07, 6.45) is 1.37. The van der Waals surface area contributed by atoms with Crippen LogP contribution in [0.5, 0.6) is 0 Å². The van der Waals surface area contributed by atoms with Gasteiger partial charge in [0.05, 0.1) is 5.56 Å². The number of aromatic nitrogens is 2. The molecule has 20 heavy (non-hydrogen) atoms. The summed E-state index contributed by atoms with van der Waals surface area (Å²) in [6, 6.07) is 9.75. The predicted molar refractivity (Wildman–Crippen MR) is 77.0 cm³/mol. The Kier molecular flexibility index (Phi) is 3.52. The molecule has 5 heteroatoms. The van der Waals surface area contributed by atoms with E-state index < -0.39 is 0 Å². The minimum atomic E-state index is -0.363. The van der Waals surface area contributed by atoms with E-state index in [1.165, 1.54) is 0 Å². The first-order valence-electron chi connectivity index (χ1n) is 6.74. The van der Waals surface area contributed by atoms with E-state index in [0.717, 1.165) is 30.5 Å². The summed E-state index contributed by atoms with van der Waals surface area (Å²) < 4.78 is 5.51. The fraction of sp³-hybridized carbons (Fsp3) is 0.333. The molecular formula is C15H17N3O2. The van der Waals surface area contributed by atoms with Crippen molar-refractivity contribution < 1.29 is 4.74 Å². The first-order valence-corrected chi connectivity index (χ1v) is 6.74. The number of nitrogens with one attached hydrogen (secondary N) is 2. The highest BCUT2D eigenvalue weighted by Gasteiger charge is 2.20. The fourth-order valence-electron chi connectivity index (χ4n) is 2.52. The lowest BCUT2D eigenvalue weighted by atomic mass is 10.1. The van der Waals surface area contributed by atoms with Crippen LogP contribution in [0.1, 0.15) is 29.5 Å². The highest BCUT2D eigenvalue weighted by atomic mass is 16.5. The number of ether oxygens (including phenoxy) is 1. The van der Waals surface area contributed by atoms with Crippen molar-refractivity contribution in [2.75, 3.05) is 19.0 Å². The zero-order chi connectivity index (χ0) is 13.9. The van der Waals surface area contributed by atoms with Crippen molar-refractivity contribution in [1.82, 2.24) is 9.97 Å². The van der Waals surface area contributed by atoms with Crippen LogP contribution in [0.3, 0.4) is 0 Å². The quantitative estimate of drug-likeness (QED) is 0.894. The molecule has 0 bridgehead atoms. The van der Waals surface area contributed by atoms with Crippen LogP contribution in [0, 0.1) is 0 Å². The highest BCUT2D eigenvalue weighted by molar-refractivity contribution is 5.45. The second-order valence-corrected chi connectivity index (χ2v) is 4.84. The smallest absolute Gasteiger partial charge is 0.256 e. The van der Waals surface area contributed by atoms with Gasteiger partial charge in [0, 0.05) is 13.7 Å². The number of aromatic amines is 1.